The first-order valence-corrected chi connectivity index (χ1v) is 13.1. The lowest BCUT2D eigenvalue weighted by Crippen LogP contribution is -2.51. The van der Waals surface area contributed by atoms with Gasteiger partial charge in [-0.1, -0.05) is 42.5 Å². The van der Waals surface area contributed by atoms with E-state index >= 15 is 0 Å². The zero-order chi connectivity index (χ0) is 27.5. The number of Topliss-reactive ketones (excluding diaryl/α,β-unsaturated/α-hetero) is 1. The minimum absolute atomic E-state index is 0.0129. The smallest absolute Gasteiger partial charge is 0.253 e. The zero-order valence-corrected chi connectivity index (χ0v) is 21.8. The van der Waals surface area contributed by atoms with E-state index in [1.54, 1.807) is 26.6 Å². The van der Waals surface area contributed by atoms with Crippen molar-refractivity contribution in [3.8, 4) is 5.69 Å². The van der Waals surface area contributed by atoms with Gasteiger partial charge >= 0.3 is 0 Å². The number of carbonyl (C=O) groups is 3. The number of ketones is 1. The van der Waals surface area contributed by atoms with Crippen LogP contribution in [0.5, 0.6) is 0 Å². The minimum Gasteiger partial charge on any atom is -0.338 e. The molecule has 0 aliphatic carbocycles. The number of fused-ring (bicyclic) bond motifs is 1. The molecule has 6 rings (SSSR count). The summed E-state index contributed by atoms with van der Waals surface area (Å²) in [5.41, 5.74) is 3.32. The molecule has 0 bridgehead atoms. The van der Waals surface area contributed by atoms with Crippen LogP contribution in [-0.4, -0.2) is 78.4 Å². The first-order valence-electron chi connectivity index (χ1n) is 13.1. The van der Waals surface area contributed by atoms with Crippen LogP contribution in [0.4, 0.5) is 0 Å². The number of piperazine rings is 1. The Balaban J connectivity index is 1.06. The molecule has 3 heterocycles. The van der Waals surface area contributed by atoms with Crippen molar-refractivity contribution in [1.29, 1.82) is 0 Å². The van der Waals surface area contributed by atoms with Crippen molar-refractivity contribution in [2.45, 2.75) is 13.0 Å². The summed E-state index contributed by atoms with van der Waals surface area (Å²) in [5, 5.41) is 13.9. The summed E-state index contributed by atoms with van der Waals surface area (Å²) in [4.78, 5) is 43.5. The Morgan fingerprint density at radius 2 is 1.48 bits per heavy atom. The summed E-state index contributed by atoms with van der Waals surface area (Å²) in [5.74, 6) is -0.188. The predicted octanol–water partition coefficient (Wildman–Crippen LogP) is 3.03. The summed E-state index contributed by atoms with van der Waals surface area (Å²) < 4.78 is 1.63. The predicted molar refractivity (Wildman–Crippen MR) is 148 cm³/mol. The van der Waals surface area contributed by atoms with Gasteiger partial charge in [-0.2, -0.15) is 15.0 Å². The molecular weight excluding hydrogens is 506 g/mol. The number of hydrogen-bond donors (Lipinski definition) is 0. The zero-order valence-electron chi connectivity index (χ0n) is 21.8. The van der Waals surface area contributed by atoms with Gasteiger partial charge in [0.05, 0.1) is 17.4 Å². The average molecular weight is 534 g/mol. The van der Waals surface area contributed by atoms with Crippen molar-refractivity contribution in [3.63, 3.8) is 0 Å². The second kappa shape index (κ2) is 10.9. The lowest BCUT2D eigenvalue weighted by Gasteiger charge is -2.34. The molecule has 0 N–H and O–H groups in total. The molecule has 1 aliphatic rings. The second-order valence-corrected chi connectivity index (χ2v) is 9.71. The summed E-state index contributed by atoms with van der Waals surface area (Å²) in [7, 11) is 0. The molecule has 0 saturated carbocycles. The van der Waals surface area contributed by atoms with E-state index in [1.807, 2.05) is 72.9 Å². The summed E-state index contributed by atoms with van der Waals surface area (Å²) in [6.45, 7) is 2.07. The summed E-state index contributed by atoms with van der Waals surface area (Å²) in [6, 6.07) is 24.2. The van der Waals surface area contributed by atoms with Gasteiger partial charge in [0.1, 0.15) is 12.2 Å². The third-order valence-electron chi connectivity index (χ3n) is 6.98. The van der Waals surface area contributed by atoms with Crippen LogP contribution in [0.3, 0.4) is 0 Å². The fourth-order valence-corrected chi connectivity index (χ4v) is 4.83. The van der Waals surface area contributed by atoms with Crippen molar-refractivity contribution in [2.24, 2.45) is 0 Å². The highest BCUT2D eigenvalue weighted by Crippen LogP contribution is 2.17. The van der Waals surface area contributed by atoms with Crippen LogP contribution < -0.4 is 0 Å². The number of hydrogen-bond acceptors (Lipinski definition) is 6. The topological polar surface area (TPSA) is 106 Å². The largest absolute Gasteiger partial charge is 0.338 e. The van der Waals surface area contributed by atoms with Gasteiger partial charge < -0.3 is 9.80 Å². The van der Waals surface area contributed by atoms with Gasteiger partial charge in [0, 0.05) is 49.7 Å². The summed E-state index contributed by atoms with van der Waals surface area (Å²) >= 11 is 0. The molecular formula is C30H27N7O3. The minimum atomic E-state index is -0.131. The van der Waals surface area contributed by atoms with Gasteiger partial charge in [-0.15, -0.1) is 5.10 Å². The normalized spacial score (nSPS) is 13.5. The molecule has 0 atom stereocenters. The third-order valence-corrected chi connectivity index (χ3v) is 6.98. The van der Waals surface area contributed by atoms with E-state index in [4.69, 9.17) is 0 Å². The van der Waals surface area contributed by atoms with Crippen LogP contribution in [0.15, 0.2) is 91.3 Å². The van der Waals surface area contributed by atoms with Gasteiger partial charge in [0.2, 0.25) is 5.91 Å². The van der Waals surface area contributed by atoms with Crippen LogP contribution in [0, 0.1) is 0 Å². The molecule has 1 saturated heterocycles. The standard InChI is InChI=1S/C30H27N7O3/c38-28(27-19-31-37(33-27)25-9-5-2-6-10-25)18-22-11-12-26-24(17-22)20-36(32-26)21-29(39)34-13-15-35(16-14-34)30(40)23-7-3-1-4-8-23/h1-12,17,19-20H,13-16,18,21H2. The van der Waals surface area contributed by atoms with Crippen LogP contribution in [-0.2, 0) is 17.8 Å². The monoisotopic (exact) mass is 533 g/mol. The Hall–Kier alpha value is -5.12. The van der Waals surface area contributed by atoms with Crippen LogP contribution in [0.2, 0.25) is 0 Å². The van der Waals surface area contributed by atoms with E-state index in [0.717, 1.165) is 22.2 Å². The Labute approximate surface area is 230 Å². The molecule has 10 heteroatoms. The Morgan fingerprint density at radius 3 is 2.23 bits per heavy atom. The molecule has 1 aliphatic heterocycles. The highest BCUT2D eigenvalue weighted by Gasteiger charge is 2.25. The van der Waals surface area contributed by atoms with Gasteiger partial charge in [-0.25, -0.2) is 0 Å². The fraction of sp³-hybridized carbons (Fsp3) is 0.200. The fourth-order valence-electron chi connectivity index (χ4n) is 4.83. The molecule has 2 aromatic heterocycles. The average Bonchev–Trinajstić information content (AvgIpc) is 3.65. The van der Waals surface area contributed by atoms with Crippen molar-refractivity contribution >= 4 is 28.5 Å². The number of para-hydroxylation sites is 1. The van der Waals surface area contributed by atoms with Gasteiger partial charge in [0.25, 0.3) is 5.91 Å². The molecule has 0 unspecified atom stereocenters. The van der Waals surface area contributed by atoms with E-state index in [9.17, 15) is 14.4 Å². The van der Waals surface area contributed by atoms with Crippen molar-refractivity contribution in [2.75, 3.05) is 26.2 Å². The SMILES string of the molecule is O=C(Cc1ccc2nn(CC(=O)N3CCN(C(=O)c4ccccc4)CC3)cc2c1)c1cnn(-c2ccccc2)n1. The van der Waals surface area contributed by atoms with Gasteiger partial charge in [-0.3, -0.25) is 19.1 Å². The van der Waals surface area contributed by atoms with Crippen LogP contribution >= 0.6 is 0 Å². The molecule has 2 amide bonds. The molecule has 0 spiro atoms. The Morgan fingerprint density at radius 1 is 0.775 bits per heavy atom. The second-order valence-electron chi connectivity index (χ2n) is 9.71. The molecule has 5 aromatic rings. The van der Waals surface area contributed by atoms with E-state index in [-0.39, 0.29) is 30.6 Å². The molecule has 10 nitrogen and oxygen atoms in total. The van der Waals surface area contributed by atoms with Crippen molar-refractivity contribution in [1.82, 2.24) is 34.6 Å². The number of nitrogens with zero attached hydrogens (tertiary/aromatic N) is 7. The van der Waals surface area contributed by atoms with Crippen molar-refractivity contribution < 1.29 is 14.4 Å². The number of aromatic nitrogens is 5. The van der Waals surface area contributed by atoms with E-state index < -0.39 is 0 Å². The van der Waals surface area contributed by atoms with E-state index in [2.05, 4.69) is 15.3 Å². The number of benzene rings is 3. The molecule has 40 heavy (non-hydrogen) atoms. The maximum Gasteiger partial charge on any atom is 0.253 e. The van der Waals surface area contributed by atoms with Gasteiger partial charge in [-0.05, 0) is 42.0 Å². The highest BCUT2D eigenvalue weighted by atomic mass is 16.2. The first kappa shape index (κ1) is 25.2. The van der Waals surface area contributed by atoms with E-state index in [1.165, 1.54) is 11.0 Å². The molecule has 3 aromatic carbocycles. The van der Waals surface area contributed by atoms with E-state index in [0.29, 0.717) is 37.4 Å². The lowest BCUT2D eigenvalue weighted by molar-refractivity contribution is -0.133. The molecule has 200 valence electrons. The van der Waals surface area contributed by atoms with Gasteiger partial charge in [0.15, 0.2) is 5.78 Å². The first-order chi connectivity index (χ1) is 19.5. The molecule has 1 fully saturated rings. The maximum absolute atomic E-state index is 13.0. The number of amides is 2. The number of carbonyl (C=O) groups excluding carboxylic acids is 3. The Bertz CT molecular complexity index is 1670. The van der Waals surface area contributed by atoms with Crippen molar-refractivity contribution in [3.05, 3.63) is 108 Å². The number of rotatable bonds is 7. The quantitative estimate of drug-likeness (QED) is 0.298. The third kappa shape index (κ3) is 5.37. The maximum atomic E-state index is 13.0. The lowest BCUT2D eigenvalue weighted by atomic mass is 10.1. The highest BCUT2D eigenvalue weighted by molar-refractivity contribution is 5.96. The Kier molecular flexibility index (Phi) is 6.88. The molecule has 0 radical (unpaired) electrons. The van der Waals surface area contributed by atoms with Crippen LogP contribution in [0.1, 0.15) is 26.4 Å². The summed E-state index contributed by atoms with van der Waals surface area (Å²) in [6.07, 6.45) is 3.48. The van der Waals surface area contributed by atoms with Crippen LogP contribution in [0.25, 0.3) is 16.6 Å².